The summed E-state index contributed by atoms with van der Waals surface area (Å²) in [5, 5.41) is 5.47. The second-order valence-electron chi connectivity index (χ2n) is 5.84. The van der Waals surface area contributed by atoms with Crippen molar-refractivity contribution >= 4 is 29.1 Å². The third-order valence-electron chi connectivity index (χ3n) is 4.25. The monoisotopic (exact) mass is 366 g/mol. The van der Waals surface area contributed by atoms with Crippen molar-refractivity contribution < 1.29 is 4.79 Å². The van der Waals surface area contributed by atoms with Crippen molar-refractivity contribution in [3.8, 4) is 0 Å². The minimum absolute atomic E-state index is 0.0930. The van der Waals surface area contributed by atoms with Gasteiger partial charge >= 0.3 is 0 Å². The van der Waals surface area contributed by atoms with E-state index >= 15 is 0 Å². The molecule has 0 saturated carbocycles. The first-order chi connectivity index (χ1) is 11.6. The number of halogens is 2. The number of hydrogen-bond acceptors (Lipinski definition) is 3. The zero-order valence-electron chi connectivity index (χ0n) is 13.6. The van der Waals surface area contributed by atoms with E-state index in [1.165, 1.54) is 0 Å². The Hall–Kier alpha value is -1.56. The van der Waals surface area contributed by atoms with Crippen molar-refractivity contribution in [2.45, 2.75) is 20.0 Å². The van der Waals surface area contributed by atoms with Crippen LogP contribution >= 0.6 is 23.2 Å². The number of benzene rings is 1. The van der Waals surface area contributed by atoms with Crippen molar-refractivity contribution in [1.82, 2.24) is 19.6 Å². The Labute approximate surface area is 151 Å². The second-order valence-corrected chi connectivity index (χ2v) is 6.66. The lowest BCUT2D eigenvalue weighted by Crippen LogP contribution is -2.48. The highest BCUT2D eigenvalue weighted by molar-refractivity contribution is 6.33. The Morgan fingerprint density at radius 2 is 1.83 bits per heavy atom. The van der Waals surface area contributed by atoms with Crippen molar-refractivity contribution in [2.75, 3.05) is 26.2 Å². The number of carbonyl (C=O) groups excluding carboxylic acids is 1. The van der Waals surface area contributed by atoms with Gasteiger partial charge in [0.1, 0.15) is 0 Å². The number of aromatic nitrogens is 2. The van der Waals surface area contributed by atoms with E-state index in [0.717, 1.165) is 30.2 Å². The molecule has 0 unspecified atom stereocenters. The first kappa shape index (κ1) is 17.3. The maximum Gasteiger partial charge on any atom is 0.276 e. The number of aryl methyl sites for hydroxylation is 1. The first-order valence-corrected chi connectivity index (χ1v) is 8.82. The van der Waals surface area contributed by atoms with Crippen LogP contribution in [-0.2, 0) is 13.1 Å². The molecule has 1 saturated heterocycles. The van der Waals surface area contributed by atoms with Crippen LogP contribution in [-0.4, -0.2) is 51.7 Å². The molecule has 1 aromatic heterocycles. The van der Waals surface area contributed by atoms with Gasteiger partial charge in [0.2, 0.25) is 0 Å². The molecule has 1 fully saturated rings. The lowest BCUT2D eigenvalue weighted by Gasteiger charge is -2.34. The molecule has 24 heavy (non-hydrogen) atoms. The van der Waals surface area contributed by atoms with Crippen molar-refractivity contribution in [3.05, 3.63) is 51.8 Å². The number of piperazine rings is 1. The van der Waals surface area contributed by atoms with E-state index < -0.39 is 0 Å². The third-order valence-corrected chi connectivity index (χ3v) is 4.90. The van der Waals surface area contributed by atoms with Crippen LogP contribution in [0.1, 0.15) is 23.0 Å². The minimum atomic E-state index is -0.0930. The van der Waals surface area contributed by atoms with Crippen LogP contribution in [0.3, 0.4) is 0 Å². The van der Waals surface area contributed by atoms with Crippen LogP contribution in [0.2, 0.25) is 10.0 Å². The summed E-state index contributed by atoms with van der Waals surface area (Å²) in [7, 11) is 0. The molecule has 0 aliphatic carbocycles. The molecular formula is C17H20Cl2N4O. The smallest absolute Gasteiger partial charge is 0.276 e. The van der Waals surface area contributed by atoms with Gasteiger partial charge in [0.15, 0.2) is 5.69 Å². The summed E-state index contributed by atoms with van der Waals surface area (Å²) in [6.45, 7) is 6.40. The molecule has 7 heteroatoms. The molecule has 1 aromatic carbocycles. The summed E-state index contributed by atoms with van der Waals surface area (Å²) in [4.78, 5) is 16.7. The van der Waals surface area contributed by atoms with Gasteiger partial charge in [-0.05, 0) is 18.6 Å². The Balaban J connectivity index is 1.59. The van der Waals surface area contributed by atoms with Gasteiger partial charge in [0.25, 0.3) is 5.91 Å². The molecule has 2 aromatic rings. The normalized spacial score (nSPS) is 15.7. The Morgan fingerprint density at radius 3 is 2.46 bits per heavy atom. The fourth-order valence-electron chi connectivity index (χ4n) is 2.83. The molecule has 0 bridgehead atoms. The molecular weight excluding hydrogens is 347 g/mol. The predicted octanol–water partition coefficient (Wildman–Crippen LogP) is 3.17. The SMILES string of the molecule is CCn1cc(Cl)c(C(=O)N2CCN(Cc3ccccc3Cl)CC2)n1. The average molecular weight is 367 g/mol. The zero-order valence-corrected chi connectivity index (χ0v) is 15.1. The average Bonchev–Trinajstić information content (AvgIpc) is 2.98. The van der Waals surface area contributed by atoms with Crippen molar-refractivity contribution in [2.24, 2.45) is 0 Å². The van der Waals surface area contributed by atoms with Crippen molar-refractivity contribution in [1.29, 1.82) is 0 Å². The molecule has 2 heterocycles. The molecule has 0 N–H and O–H groups in total. The molecule has 5 nitrogen and oxygen atoms in total. The number of rotatable bonds is 4. The summed E-state index contributed by atoms with van der Waals surface area (Å²) in [5.74, 6) is -0.0930. The topological polar surface area (TPSA) is 41.4 Å². The maximum absolute atomic E-state index is 12.6. The van der Waals surface area contributed by atoms with Gasteiger partial charge in [-0.15, -0.1) is 0 Å². The molecule has 128 valence electrons. The fourth-order valence-corrected chi connectivity index (χ4v) is 3.26. The van der Waals surface area contributed by atoms with Crippen LogP contribution in [0.15, 0.2) is 30.5 Å². The largest absolute Gasteiger partial charge is 0.335 e. The standard InChI is InChI=1S/C17H20Cl2N4O/c1-2-23-12-15(19)16(20-23)17(24)22-9-7-21(8-10-22)11-13-5-3-4-6-14(13)18/h3-6,12H,2,7-11H2,1H3. The van der Waals surface area contributed by atoms with Crippen LogP contribution in [0.25, 0.3) is 0 Å². The van der Waals surface area contributed by atoms with Gasteiger partial charge in [0.05, 0.1) is 5.02 Å². The van der Waals surface area contributed by atoms with E-state index in [1.807, 2.05) is 36.1 Å². The lowest BCUT2D eigenvalue weighted by atomic mass is 10.2. The van der Waals surface area contributed by atoms with E-state index in [4.69, 9.17) is 23.2 Å². The van der Waals surface area contributed by atoms with E-state index in [0.29, 0.717) is 30.4 Å². The minimum Gasteiger partial charge on any atom is -0.335 e. The summed E-state index contributed by atoms with van der Waals surface area (Å²) in [6, 6.07) is 7.87. The highest BCUT2D eigenvalue weighted by atomic mass is 35.5. The van der Waals surface area contributed by atoms with Gasteiger partial charge in [-0.3, -0.25) is 14.4 Å². The second kappa shape index (κ2) is 7.55. The summed E-state index contributed by atoms with van der Waals surface area (Å²) in [6.07, 6.45) is 1.70. The molecule has 1 amide bonds. The van der Waals surface area contributed by atoms with E-state index in [1.54, 1.807) is 10.9 Å². The van der Waals surface area contributed by atoms with Gasteiger partial charge in [-0.25, -0.2) is 0 Å². The van der Waals surface area contributed by atoms with E-state index in [-0.39, 0.29) is 5.91 Å². The number of nitrogens with zero attached hydrogens (tertiary/aromatic N) is 4. The van der Waals surface area contributed by atoms with Crippen molar-refractivity contribution in [3.63, 3.8) is 0 Å². The Bertz CT molecular complexity index is 723. The Morgan fingerprint density at radius 1 is 1.12 bits per heavy atom. The molecule has 0 spiro atoms. The quantitative estimate of drug-likeness (QED) is 0.834. The maximum atomic E-state index is 12.6. The van der Waals surface area contributed by atoms with Crippen LogP contribution < -0.4 is 0 Å². The van der Waals surface area contributed by atoms with Crippen LogP contribution in [0.5, 0.6) is 0 Å². The van der Waals surface area contributed by atoms with E-state index in [2.05, 4.69) is 10.00 Å². The van der Waals surface area contributed by atoms with Crippen LogP contribution in [0.4, 0.5) is 0 Å². The van der Waals surface area contributed by atoms with E-state index in [9.17, 15) is 4.79 Å². The first-order valence-electron chi connectivity index (χ1n) is 8.06. The number of amides is 1. The molecule has 1 aliphatic heterocycles. The fraction of sp³-hybridized carbons (Fsp3) is 0.412. The predicted molar refractivity (Wildman–Crippen MR) is 95.5 cm³/mol. The number of carbonyl (C=O) groups is 1. The molecule has 3 rings (SSSR count). The summed E-state index contributed by atoms with van der Waals surface area (Å²) < 4.78 is 1.68. The zero-order chi connectivity index (χ0) is 17.1. The third kappa shape index (κ3) is 3.74. The van der Waals surface area contributed by atoms with Gasteiger partial charge in [0, 0.05) is 50.5 Å². The lowest BCUT2D eigenvalue weighted by molar-refractivity contribution is 0.0622. The summed E-state index contributed by atoms with van der Waals surface area (Å²) in [5.41, 5.74) is 1.46. The molecule has 0 radical (unpaired) electrons. The Kier molecular flexibility index (Phi) is 5.43. The summed E-state index contributed by atoms with van der Waals surface area (Å²) >= 11 is 12.4. The van der Waals surface area contributed by atoms with Gasteiger partial charge in [-0.2, -0.15) is 5.10 Å². The highest BCUT2D eigenvalue weighted by Gasteiger charge is 2.26. The van der Waals surface area contributed by atoms with Gasteiger partial charge in [-0.1, -0.05) is 41.4 Å². The van der Waals surface area contributed by atoms with Gasteiger partial charge < -0.3 is 4.90 Å². The number of hydrogen-bond donors (Lipinski definition) is 0. The highest BCUT2D eigenvalue weighted by Crippen LogP contribution is 2.20. The molecule has 1 aliphatic rings. The molecule has 0 atom stereocenters. The van der Waals surface area contributed by atoms with Crippen LogP contribution in [0, 0.1) is 0 Å².